The molecule has 0 amide bonds. The summed E-state index contributed by atoms with van der Waals surface area (Å²) in [5.74, 6) is -0.818. The lowest BCUT2D eigenvalue weighted by Crippen LogP contribution is -2.37. The van der Waals surface area contributed by atoms with Crippen molar-refractivity contribution in [2.45, 2.75) is 380 Å². The van der Waals surface area contributed by atoms with Crippen molar-refractivity contribution in [2.24, 2.45) is 0 Å². The number of phosphoric ester groups is 1. The third kappa shape index (κ3) is 72.8. The summed E-state index contributed by atoms with van der Waals surface area (Å²) in [7, 11) is 1.18. The van der Waals surface area contributed by atoms with Crippen LogP contribution in [0.2, 0.25) is 0 Å². The fraction of sp³-hybridized carbons (Fsp3) is 0.846. The second-order valence-electron chi connectivity index (χ2n) is 27.0. The minimum absolute atomic E-state index is 0.0298. The number of nitrogens with zero attached hydrogens (tertiary/aromatic N) is 1. The maximum absolute atomic E-state index is 12.9. The van der Waals surface area contributed by atoms with Gasteiger partial charge in [0.05, 0.1) is 27.7 Å². The minimum Gasteiger partial charge on any atom is -0.756 e. The van der Waals surface area contributed by atoms with Crippen LogP contribution in [0.15, 0.2) is 60.8 Å². The van der Waals surface area contributed by atoms with Crippen LogP contribution in [0.25, 0.3) is 0 Å². The monoisotopic (exact) mass is 1260 g/mol. The molecule has 0 aliphatic rings. The molecule has 0 spiro atoms. The first-order valence-electron chi connectivity index (χ1n) is 38.0. The Balaban J connectivity index is 3.90. The SMILES string of the molecule is CCCCCCC/C=C\C/C=C\C/C=C\CCCCCCCCCCCCCCCCCCCCCCCCCCCCC(=O)OC(COC(=O)CCCCCCCCCCCCC/C=C\C/C=C\CCCCCCC)COP(=O)([O-])OCC[N+](C)(C)C. The number of hydrogen-bond donors (Lipinski definition) is 0. The highest BCUT2D eigenvalue weighted by Crippen LogP contribution is 2.38. The molecular weight excluding hydrogens is 1110 g/mol. The standard InChI is InChI=1S/C78H146NO8P/c1-6-8-10-12-14-16-18-20-22-24-26-28-30-31-32-33-34-35-36-37-38-39-40-41-42-43-44-45-46-47-49-51-53-55-57-59-61-63-65-67-69-71-78(81)87-76(75-86-88(82,83)85-73-72-79(3,4)5)74-84-77(80)70-68-66-64-62-60-58-56-54-52-50-48-29-27-25-23-21-19-17-15-13-11-9-7-2/h18-21,24-27,30-31,76H,6-17,22-23,28-29,32-75H2,1-5H3/b20-18-,21-19-,26-24-,27-25-,31-30-. The van der Waals surface area contributed by atoms with E-state index in [1.165, 1.54) is 289 Å². The molecule has 0 saturated carbocycles. The first-order chi connectivity index (χ1) is 43.0. The van der Waals surface area contributed by atoms with Crippen molar-refractivity contribution in [3.05, 3.63) is 60.8 Å². The zero-order valence-electron chi connectivity index (χ0n) is 58.9. The molecule has 0 aromatic heterocycles. The Morgan fingerprint density at radius 3 is 0.909 bits per heavy atom. The number of phosphoric acid groups is 1. The van der Waals surface area contributed by atoms with E-state index in [0.717, 1.165) is 51.4 Å². The predicted octanol–water partition coefficient (Wildman–Crippen LogP) is 24.3. The summed E-state index contributed by atoms with van der Waals surface area (Å²) in [6.07, 6.45) is 91.9. The summed E-state index contributed by atoms with van der Waals surface area (Å²) >= 11 is 0. The molecule has 88 heavy (non-hydrogen) atoms. The van der Waals surface area contributed by atoms with Gasteiger partial charge in [-0.05, 0) is 83.5 Å². The first kappa shape index (κ1) is 85.7. The van der Waals surface area contributed by atoms with Crippen LogP contribution in [0.3, 0.4) is 0 Å². The smallest absolute Gasteiger partial charge is 0.306 e. The fourth-order valence-corrected chi connectivity index (χ4v) is 11.9. The summed E-state index contributed by atoms with van der Waals surface area (Å²) < 4.78 is 34.4. The zero-order valence-corrected chi connectivity index (χ0v) is 59.8. The number of quaternary nitrogens is 1. The van der Waals surface area contributed by atoms with Gasteiger partial charge in [-0.25, -0.2) is 0 Å². The molecule has 0 aromatic carbocycles. The minimum atomic E-state index is -4.64. The highest BCUT2D eigenvalue weighted by Gasteiger charge is 2.22. The molecule has 0 rings (SSSR count). The summed E-state index contributed by atoms with van der Waals surface area (Å²) in [5.41, 5.74) is 0. The van der Waals surface area contributed by atoms with Crippen molar-refractivity contribution >= 4 is 19.8 Å². The van der Waals surface area contributed by atoms with E-state index in [-0.39, 0.29) is 32.0 Å². The van der Waals surface area contributed by atoms with E-state index in [2.05, 4.69) is 74.6 Å². The van der Waals surface area contributed by atoms with Crippen LogP contribution in [-0.2, 0) is 32.7 Å². The summed E-state index contributed by atoms with van der Waals surface area (Å²) in [5, 5.41) is 0. The summed E-state index contributed by atoms with van der Waals surface area (Å²) in [4.78, 5) is 38.1. The lowest BCUT2D eigenvalue weighted by atomic mass is 10.0. The lowest BCUT2D eigenvalue weighted by molar-refractivity contribution is -0.870. The van der Waals surface area contributed by atoms with Gasteiger partial charge in [-0.2, -0.15) is 0 Å². The fourth-order valence-electron chi connectivity index (χ4n) is 11.2. The largest absolute Gasteiger partial charge is 0.756 e. The van der Waals surface area contributed by atoms with Crippen molar-refractivity contribution in [3.63, 3.8) is 0 Å². The number of carbonyl (C=O) groups excluding carboxylic acids is 2. The molecule has 0 bridgehead atoms. The highest BCUT2D eigenvalue weighted by molar-refractivity contribution is 7.45. The Bertz CT molecular complexity index is 1670. The Hall–Kier alpha value is -2.29. The van der Waals surface area contributed by atoms with E-state index < -0.39 is 26.5 Å². The van der Waals surface area contributed by atoms with E-state index in [4.69, 9.17) is 18.5 Å². The molecule has 0 heterocycles. The third-order valence-corrected chi connectivity index (χ3v) is 18.0. The summed E-state index contributed by atoms with van der Waals surface area (Å²) in [6, 6.07) is 0. The van der Waals surface area contributed by atoms with Gasteiger partial charge in [0.25, 0.3) is 7.82 Å². The number of esters is 2. The zero-order chi connectivity index (χ0) is 64.1. The van der Waals surface area contributed by atoms with Crippen LogP contribution >= 0.6 is 7.82 Å². The third-order valence-electron chi connectivity index (χ3n) is 17.0. The van der Waals surface area contributed by atoms with Crippen molar-refractivity contribution in [2.75, 3.05) is 47.5 Å². The van der Waals surface area contributed by atoms with Gasteiger partial charge in [-0.1, -0.05) is 338 Å². The Kier molecular flexibility index (Phi) is 67.3. The highest BCUT2D eigenvalue weighted by atomic mass is 31.2. The molecule has 0 radical (unpaired) electrons. The predicted molar refractivity (Wildman–Crippen MR) is 379 cm³/mol. The first-order valence-corrected chi connectivity index (χ1v) is 39.5. The van der Waals surface area contributed by atoms with Gasteiger partial charge in [-0.15, -0.1) is 0 Å². The van der Waals surface area contributed by atoms with E-state index in [0.29, 0.717) is 17.4 Å². The van der Waals surface area contributed by atoms with Crippen LogP contribution in [0.1, 0.15) is 373 Å². The number of unbranched alkanes of at least 4 members (excludes halogenated alkanes) is 47. The van der Waals surface area contributed by atoms with Crippen molar-refractivity contribution < 1.29 is 42.1 Å². The number of rotatable bonds is 71. The van der Waals surface area contributed by atoms with Gasteiger partial charge >= 0.3 is 11.9 Å². The lowest BCUT2D eigenvalue weighted by Gasteiger charge is -2.28. The number of carbonyl (C=O) groups is 2. The van der Waals surface area contributed by atoms with Gasteiger partial charge in [0.2, 0.25) is 0 Å². The number of ether oxygens (including phenoxy) is 2. The number of allylic oxidation sites excluding steroid dienone is 10. The van der Waals surface area contributed by atoms with Gasteiger partial charge in [0.1, 0.15) is 19.8 Å². The molecule has 10 heteroatoms. The topological polar surface area (TPSA) is 111 Å². The molecule has 0 fully saturated rings. The van der Waals surface area contributed by atoms with Crippen LogP contribution in [0, 0.1) is 0 Å². The molecule has 9 nitrogen and oxygen atoms in total. The van der Waals surface area contributed by atoms with Crippen LogP contribution in [0.5, 0.6) is 0 Å². The molecule has 2 atom stereocenters. The maximum Gasteiger partial charge on any atom is 0.306 e. The maximum atomic E-state index is 12.9. The normalized spacial score (nSPS) is 13.4. The quantitative estimate of drug-likeness (QED) is 0.0195. The molecule has 0 aliphatic carbocycles. The van der Waals surface area contributed by atoms with Crippen molar-refractivity contribution in [1.29, 1.82) is 0 Å². The molecule has 0 N–H and O–H groups in total. The van der Waals surface area contributed by atoms with Gasteiger partial charge < -0.3 is 27.9 Å². The van der Waals surface area contributed by atoms with Crippen LogP contribution in [0.4, 0.5) is 0 Å². The summed E-state index contributed by atoms with van der Waals surface area (Å²) in [6.45, 7) is 4.27. The molecule has 0 aliphatic heterocycles. The van der Waals surface area contributed by atoms with Crippen LogP contribution in [-0.4, -0.2) is 70.0 Å². The van der Waals surface area contributed by atoms with Gasteiger partial charge in [0.15, 0.2) is 6.10 Å². The average molecular weight is 1260 g/mol. The van der Waals surface area contributed by atoms with Crippen molar-refractivity contribution in [1.82, 2.24) is 0 Å². The second-order valence-corrected chi connectivity index (χ2v) is 28.4. The Labute approximate surface area is 546 Å². The average Bonchev–Trinajstić information content (AvgIpc) is 3.58. The molecular formula is C78H146NO8P. The van der Waals surface area contributed by atoms with E-state index >= 15 is 0 Å². The number of hydrogen-bond acceptors (Lipinski definition) is 8. The molecule has 516 valence electrons. The molecule has 2 unspecified atom stereocenters. The Morgan fingerprint density at radius 2 is 0.614 bits per heavy atom. The Morgan fingerprint density at radius 1 is 0.352 bits per heavy atom. The molecule has 0 aromatic rings. The number of likely N-dealkylation sites (N-methyl/N-ethyl adjacent to an activating group) is 1. The molecule has 0 saturated heterocycles. The van der Waals surface area contributed by atoms with Gasteiger partial charge in [-0.3, -0.25) is 14.2 Å². The second kappa shape index (κ2) is 69.1. The van der Waals surface area contributed by atoms with E-state index in [1.807, 2.05) is 21.1 Å². The van der Waals surface area contributed by atoms with E-state index in [9.17, 15) is 19.0 Å². The van der Waals surface area contributed by atoms with E-state index in [1.54, 1.807) is 0 Å². The van der Waals surface area contributed by atoms with Gasteiger partial charge in [0, 0.05) is 12.8 Å². The van der Waals surface area contributed by atoms with Crippen molar-refractivity contribution in [3.8, 4) is 0 Å². The van der Waals surface area contributed by atoms with Crippen LogP contribution < -0.4 is 4.89 Å².